The van der Waals surface area contributed by atoms with E-state index >= 15 is 0 Å². The van der Waals surface area contributed by atoms with Gasteiger partial charge in [-0.15, -0.1) is 0 Å². The topological polar surface area (TPSA) is 37.8 Å². The molecule has 1 heterocycles. The van der Waals surface area contributed by atoms with Gasteiger partial charge in [0.05, 0.1) is 6.20 Å². The lowest BCUT2D eigenvalue weighted by molar-refractivity contribution is 0.471. The molecule has 17 heavy (non-hydrogen) atoms. The van der Waals surface area contributed by atoms with E-state index in [4.69, 9.17) is 11.6 Å². The van der Waals surface area contributed by atoms with E-state index in [-0.39, 0.29) is 11.1 Å². The molecule has 0 aromatic carbocycles. The van der Waals surface area contributed by atoms with E-state index in [1.54, 1.807) is 0 Å². The predicted molar refractivity (Wildman–Crippen MR) is 68.8 cm³/mol. The lowest BCUT2D eigenvalue weighted by Crippen LogP contribution is -2.15. The second kappa shape index (κ2) is 7.43. The zero-order valence-electron chi connectivity index (χ0n) is 10.3. The highest BCUT2D eigenvalue weighted by molar-refractivity contribution is 6.28. The van der Waals surface area contributed by atoms with Crippen LogP contribution in [-0.2, 0) is 0 Å². The van der Waals surface area contributed by atoms with E-state index in [9.17, 15) is 4.39 Å². The van der Waals surface area contributed by atoms with Crippen LogP contribution in [0.5, 0.6) is 0 Å². The lowest BCUT2D eigenvalue weighted by Gasteiger charge is -2.15. The molecule has 0 fully saturated rings. The van der Waals surface area contributed by atoms with Crippen molar-refractivity contribution in [3.8, 4) is 0 Å². The van der Waals surface area contributed by atoms with E-state index in [1.165, 1.54) is 12.8 Å². The van der Waals surface area contributed by atoms with Gasteiger partial charge in [0.25, 0.3) is 0 Å². The first-order valence-corrected chi connectivity index (χ1v) is 6.47. The molecule has 1 atom stereocenters. The lowest BCUT2D eigenvalue weighted by atomic mass is 9.99. The summed E-state index contributed by atoms with van der Waals surface area (Å²) in [6.07, 6.45) is 5.70. The average Bonchev–Trinajstić information content (AvgIpc) is 2.33. The van der Waals surface area contributed by atoms with Gasteiger partial charge in [-0.1, -0.05) is 33.1 Å². The SMILES string of the molecule is CCCCC(CC)CNc1nc(Cl)ncc1F. The predicted octanol–water partition coefficient (Wildman–Crippen LogP) is 3.90. The maximum absolute atomic E-state index is 13.3. The molecule has 5 heteroatoms. The molecule has 0 radical (unpaired) electrons. The Labute approximate surface area is 107 Å². The summed E-state index contributed by atoms with van der Waals surface area (Å²) in [5.41, 5.74) is 0. The van der Waals surface area contributed by atoms with Gasteiger partial charge in [0.2, 0.25) is 5.28 Å². The largest absolute Gasteiger partial charge is 0.367 e. The molecule has 0 aliphatic carbocycles. The number of hydrogen-bond acceptors (Lipinski definition) is 3. The van der Waals surface area contributed by atoms with E-state index in [0.29, 0.717) is 5.92 Å². The molecule has 3 nitrogen and oxygen atoms in total. The van der Waals surface area contributed by atoms with Crippen molar-refractivity contribution < 1.29 is 4.39 Å². The average molecular weight is 260 g/mol. The van der Waals surface area contributed by atoms with Crippen LogP contribution < -0.4 is 5.32 Å². The second-order valence-electron chi connectivity index (χ2n) is 4.13. The molecule has 0 saturated heterocycles. The number of halogens is 2. The monoisotopic (exact) mass is 259 g/mol. The van der Waals surface area contributed by atoms with Crippen molar-refractivity contribution in [2.75, 3.05) is 11.9 Å². The van der Waals surface area contributed by atoms with Crippen molar-refractivity contribution in [3.63, 3.8) is 0 Å². The van der Waals surface area contributed by atoms with Crippen LogP contribution in [0.25, 0.3) is 0 Å². The summed E-state index contributed by atoms with van der Waals surface area (Å²) in [4.78, 5) is 7.40. The number of rotatable bonds is 7. The van der Waals surface area contributed by atoms with Crippen molar-refractivity contribution in [2.24, 2.45) is 5.92 Å². The number of unbranched alkanes of at least 4 members (excludes halogenated alkanes) is 1. The number of nitrogens with one attached hydrogen (secondary N) is 1. The van der Waals surface area contributed by atoms with Crippen LogP contribution in [0.1, 0.15) is 39.5 Å². The van der Waals surface area contributed by atoms with Crippen LogP contribution in [0.15, 0.2) is 6.20 Å². The number of anilines is 1. The Hall–Kier alpha value is -0.900. The highest BCUT2D eigenvalue weighted by Crippen LogP contribution is 2.16. The Morgan fingerprint density at radius 2 is 2.24 bits per heavy atom. The fraction of sp³-hybridized carbons (Fsp3) is 0.667. The first-order valence-electron chi connectivity index (χ1n) is 6.09. The van der Waals surface area contributed by atoms with Crippen LogP contribution in [0.4, 0.5) is 10.2 Å². The second-order valence-corrected chi connectivity index (χ2v) is 4.47. The van der Waals surface area contributed by atoms with Gasteiger partial charge in [-0.25, -0.2) is 9.37 Å². The third kappa shape index (κ3) is 4.86. The van der Waals surface area contributed by atoms with Crippen molar-refractivity contribution in [1.82, 2.24) is 9.97 Å². The van der Waals surface area contributed by atoms with Gasteiger partial charge in [0, 0.05) is 6.54 Å². The zero-order chi connectivity index (χ0) is 12.7. The highest BCUT2D eigenvalue weighted by atomic mass is 35.5. The Morgan fingerprint density at radius 1 is 1.47 bits per heavy atom. The minimum Gasteiger partial charge on any atom is -0.367 e. The van der Waals surface area contributed by atoms with E-state index < -0.39 is 5.82 Å². The third-order valence-corrected chi connectivity index (χ3v) is 3.00. The van der Waals surface area contributed by atoms with Crippen molar-refractivity contribution in [3.05, 3.63) is 17.3 Å². The summed E-state index contributed by atoms with van der Waals surface area (Å²) in [6, 6.07) is 0. The maximum atomic E-state index is 13.3. The Bertz CT molecular complexity index is 347. The summed E-state index contributed by atoms with van der Waals surface area (Å²) in [5, 5.41) is 3.07. The van der Waals surface area contributed by atoms with Gasteiger partial charge < -0.3 is 5.32 Å². The fourth-order valence-electron chi connectivity index (χ4n) is 1.65. The molecule has 1 unspecified atom stereocenters. The number of hydrogen-bond donors (Lipinski definition) is 1. The smallest absolute Gasteiger partial charge is 0.224 e. The number of nitrogens with zero attached hydrogens (tertiary/aromatic N) is 2. The molecule has 1 N–H and O–H groups in total. The molecular weight excluding hydrogens is 241 g/mol. The number of aromatic nitrogens is 2. The molecule has 1 aromatic rings. The molecule has 0 aliphatic heterocycles. The summed E-state index contributed by atoms with van der Waals surface area (Å²) >= 11 is 5.62. The molecule has 0 saturated carbocycles. The van der Waals surface area contributed by atoms with Gasteiger partial charge in [0.15, 0.2) is 11.6 Å². The summed E-state index contributed by atoms with van der Waals surface area (Å²) < 4.78 is 13.3. The normalized spacial score (nSPS) is 12.5. The fourth-order valence-corrected chi connectivity index (χ4v) is 1.79. The molecule has 0 spiro atoms. The van der Waals surface area contributed by atoms with Crippen molar-refractivity contribution in [1.29, 1.82) is 0 Å². The van der Waals surface area contributed by atoms with Gasteiger partial charge in [-0.3, -0.25) is 0 Å². The summed E-state index contributed by atoms with van der Waals surface area (Å²) in [5.74, 6) is 0.280. The summed E-state index contributed by atoms with van der Waals surface area (Å²) in [7, 11) is 0. The van der Waals surface area contributed by atoms with Gasteiger partial charge in [-0.2, -0.15) is 4.98 Å². The van der Waals surface area contributed by atoms with Crippen LogP contribution in [0.3, 0.4) is 0 Å². The van der Waals surface area contributed by atoms with Crippen molar-refractivity contribution >= 4 is 17.4 Å². The van der Waals surface area contributed by atoms with Crippen LogP contribution in [0, 0.1) is 11.7 Å². The molecular formula is C12H19ClFN3. The molecule has 0 amide bonds. The molecule has 0 aliphatic rings. The van der Waals surface area contributed by atoms with E-state index in [0.717, 1.165) is 25.6 Å². The molecule has 1 rings (SSSR count). The first kappa shape index (κ1) is 14.2. The quantitative estimate of drug-likeness (QED) is 0.755. The van der Waals surface area contributed by atoms with E-state index in [2.05, 4.69) is 29.1 Å². The third-order valence-electron chi connectivity index (χ3n) is 2.82. The minimum atomic E-state index is -0.459. The summed E-state index contributed by atoms with van der Waals surface area (Å²) in [6.45, 7) is 5.04. The Kier molecular flexibility index (Phi) is 6.19. The molecule has 0 bridgehead atoms. The Balaban J connectivity index is 2.50. The van der Waals surface area contributed by atoms with Crippen LogP contribution in [0.2, 0.25) is 5.28 Å². The molecule has 1 aromatic heterocycles. The maximum Gasteiger partial charge on any atom is 0.224 e. The first-order chi connectivity index (χ1) is 8.17. The molecule has 96 valence electrons. The zero-order valence-corrected chi connectivity index (χ0v) is 11.1. The van der Waals surface area contributed by atoms with Crippen LogP contribution in [-0.4, -0.2) is 16.5 Å². The highest BCUT2D eigenvalue weighted by Gasteiger charge is 2.09. The van der Waals surface area contributed by atoms with E-state index in [1.807, 2.05) is 0 Å². The van der Waals surface area contributed by atoms with Gasteiger partial charge in [0.1, 0.15) is 0 Å². The van der Waals surface area contributed by atoms with Gasteiger partial charge >= 0.3 is 0 Å². The minimum absolute atomic E-state index is 0.0653. The van der Waals surface area contributed by atoms with Gasteiger partial charge in [-0.05, 0) is 23.9 Å². The van der Waals surface area contributed by atoms with Crippen molar-refractivity contribution in [2.45, 2.75) is 39.5 Å². The standard InChI is InChI=1S/C12H19ClFN3/c1-3-5-6-9(4-2)7-15-11-10(14)8-16-12(13)17-11/h8-9H,3-7H2,1-2H3,(H,15,16,17). The van der Waals surface area contributed by atoms with Crippen LogP contribution >= 0.6 is 11.6 Å². The Morgan fingerprint density at radius 3 is 2.88 bits per heavy atom.